The van der Waals surface area contributed by atoms with E-state index >= 15 is 0 Å². The van der Waals surface area contributed by atoms with Crippen molar-refractivity contribution in [3.63, 3.8) is 0 Å². The molecule has 0 aliphatic carbocycles. The average molecular weight is 271 g/mol. The van der Waals surface area contributed by atoms with E-state index in [1.807, 2.05) is 0 Å². The topological polar surface area (TPSA) is 94.3 Å². The second kappa shape index (κ2) is 4.37. The zero-order valence-corrected chi connectivity index (χ0v) is 10.8. The van der Waals surface area contributed by atoms with Gasteiger partial charge in [-0.1, -0.05) is 11.6 Å². The summed E-state index contributed by atoms with van der Waals surface area (Å²) < 4.78 is 6.40. The predicted octanol–water partition coefficient (Wildman–Crippen LogP) is 1.52. The molecule has 2 heterocycles. The fourth-order valence-electron chi connectivity index (χ4n) is 1.21. The number of fused-ring (bicyclic) bond motifs is 1. The summed E-state index contributed by atoms with van der Waals surface area (Å²) in [7, 11) is 0. The Balaban J connectivity index is 2.28. The van der Waals surface area contributed by atoms with Crippen LogP contribution in [0, 0.1) is 0 Å². The number of anilines is 1. The molecule has 2 aromatic heterocycles. The Morgan fingerprint density at radius 2 is 2.22 bits per heavy atom. The quantitative estimate of drug-likeness (QED) is 0.790. The monoisotopic (exact) mass is 270 g/mol. The van der Waals surface area contributed by atoms with Crippen molar-refractivity contribution in [2.45, 2.75) is 26.4 Å². The van der Waals surface area contributed by atoms with Crippen molar-refractivity contribution >= 4 is 29.0 Å². The third-order valence-electron chi connectivity index (χ3n) is 1.83. The SMILES string of the molecule is CC(C)(C)OC(=O)Nc1c(Cl)ncn2nnnc12. The van der Waals surface area contributed by atoms with Crippen molar-refractivity contribution in [2.24, 2.45) is 0 Å². The van der Waals surface area contributed by atoms with E-state index in [0.29, 0.717) is 5.65 Å². The fourth-order valence-corrected chi connectivity index (χ4v) is 1.39. The van der Waals surface area contributed by atoms with Gasteiger partial charge in [-0.15, -0.1) is 5.10 Å². The number of hydrogen-bond donors (Lipinski definition) is 1. The largest absolute Gasteiger partial charge is 0.444 e. The van der Waals surface area contributed by atoms with Gasteiger partial charge in [-0.25, -0.2) is 9.78 Å². The van der Waals surface area contributed by atoms with Crippen LogP contribution in [0.25, 0.3) is 5.65 Å². The third kappa shape index (κ3) is 2.65. The molecule has 0 aliphatic heterocycles. The zero-order chi connectivity index (χ0) is 13.3. The summed E-state index contributed by atoms with van der Waals surface area (Å²) in [5.74, 6) is 0. The number of amides is 1. The highest BCUT2D eigenvalue weighted by atomic mass is 35.5. The van der Waals surface area contributed by atoms with Gasteiger partial charge in [-0.05, 0) is 31.2 Å². The van der Waals surface area contributed by atoms with Crippen LogP contribution in [0.15, 0.2) is 6.33 Å². The van der Waals surface area contributed by atoms with Crippen LogP contribution in [0.5, 0.6) is 0 Å². The molecule has 0 fully saturated rings. The van der Waals surface area contributed by atoms with E-state index in [-0.39, 0.29) is 10.8 Å². The molecule has 0 atom stereocenters. The van der Waals surface area contributed by atoms with Crippen LogP contribution >= 0.6 is 11.6 Å². The number of tetrazole rings is 1. The molecule has 0 radical (unpaired) electrons. The Hall–Kier alpha value is -1.96. The highest BCUT2D eigenvalue weighted by Crippen LogP contribution is 2.23. The molecule has 0 saturated carbocycles. The van der Waals surface area contributed by atoms with Crippen LogP contribution in [0.1, 0.15) is 20.8 Å². The number of ether oxygens (including phenoxy) is 1. The van der Waals surface area contributed by atoms with E-state index in [1.54, 1.807) is 20.8 Å². The molecule has 0 saturated heterocycles. The van der Waals surface area contributed by atoms with Crippen LogP contribution in [0.4, 0.5) is 10.5 Å². The lowest BCUT2D eigenvalue weighted by Crippen LogP contribution is -2.27. The highest BCUT2D eigenvalue weighted by molar-refractivity contribution is 6.33. The smallest absolute Gasteiger partial charge is 0.412 e. The normalized spacial score (nSPS) is 11.6. The van der Waals surface area contributed by atoms with E-state index in [4.69, 9.17) is 16.3 Å². The Bertz CT molecular complexity index is 590. The summed E-state index contributed by atoms with van der Waals surface area (Å²) in [6.07, 6.45) is 0.695. The van der Waals surface area contributed by atoms with Crippen molar-refractivity contribution in [1.82, 2.24) is 25.0 Å². The number of rotatable bonds is 1. The Labute approximate surface area is 107 Å². The standard InChI is InChI=1S/C9H11ClN6O2/c1-9(2,3)18-8(17)12-5-6(10)11-4-16-7(5)13-14-15-16/h4H,1-3H3,(H,12,17). The van der Waals surface area contributed by atoms with Gasteiger partial charge in [0.15, 0.2) is 5.15 Å². The molecule has 0 aliphatic rings. The van der Waals surface area contributed by atoms with E-state index in [9.17, 15) is 4.79 Å². The summed E-state index contributed by atoms with van der Waals surface area (Å²) in [5, 5.41) is 13.4. The van der Waals surface area contributed by atoms with Crippen LogP contribution in [0.2, 0.25) is 5.15 Å². The Morgan fingerprint density at radius 3 is 2.89 bits per heavy atom. The molecule has 8 nitrogen and oxygen atoms in total. The Kier molecular flexibility index (Phi) is 3.04. The van der Waals surface area contributed by atoms with Crippen LogP contribution in [-0.2, 0) is 4.74 Å². The molecule has 96 valence electrons. The molecule has 2 aromatic rings. The number of nitrogens with zero attached hydrogens (tertiary/aromatic N) is 5. The van der Waals surface area contributed by atoms with Crippen LogP contribution in [-0.4, -0.2) is 36.7 Å². The van der Waals surface area contributed by atoms with Gasteiger partial charge in [0.25, 0.3) is 0 Å². The molecular weight excluding hydrogens is 260 g/mol. The van der Waals surface area contributed by atoms with E-state index in [0.717, 1.165) is 0 Å². The predicted molar refractivity (Wildman–Crippen MR) is 63.4 cm³/mol. The minimum Gasteiger partial charge on any atom is -0.444 e. The number of halogens is 1. The lowest BCUT2D eigenvalue weighted by molar-refractivity contribution is 0.0636. The molecule has 0 spiro atoms. The van der Waals surface area contributed by atoms with E-state index in [1.165, 1.54) is 10.8 Å². The summed E-state index contributed by atoms with van der Waals surface area (Å²) in [4.78, 5) is 15.5. The molecule has 0 unspecified atom stereocenters. The minimum absolute atomic E-state index is 0.0863. The zero-order valence-electron chi connectivity index (χ0n) is 10.0. The number of nitrogens with one attached hydrogen (secondary N) is 1. The summed E-state index contributed by atoms with van der Waals surface area (Å²) >= 11 is 5.89. The van der Waals surface area contributed by atoms with Gasteiger partial charge in [0.2, 0.25) is 5.65 Å². The fraction of sp³-hybridized carbons (Fsp3) is 0.444. The second-order valence-corrected chi connectivity index (χ2v) is 4.84. The maximum absolute atomic E-state index is 11.6. The lowest BCUT2D eigenvalue weighted by Gasteiger charge is -2.19. The maximum Gasteiger partial charge on any atom is 0.412 e. The number of aromatic nitrogens is 5. The molecule has 1 N–H and O–H groups in total. The van der Waals surface area contributed by atoms with Crippen molar-refractivity contribution in [2.75, 3.05) is 5.32 Å². The van der Waals surface area contributed by atoms with Crippen LogP contribution in [0.3, 0.4) is 0 Å². The first-order chi connectivity index (χ1) is 8.37. The first kappa shape index (κ1) is 12.5. The molecule has 0 aromatic carbocycles. The van der Waals surface area contributed by atoms with Crippen molar-refractivity contribution in [3.05, 3.63) is 11.5 Å². The minimum atomic E-state index is -0.651. The molecule has 9 heteroatoms. The van der Waals surface area contributed by atoms with Crippen molar-refractivity contribution in [1.29, 1.82) is 0 Å². The van der Waals surface area contributed by atoms with Gasteiger partial charge in [-0.3, -0.25) is 5.32 Å². The number of carbonyl (C=O) groups excluding carboxylic acids is 1. The van der Waals surface area contributed by atoms with E-state index in [2.05, 4.69) is 25.8 Å². The molecule has 2 rings (SSSR count). The lowest BCUT2D eigenvalue weighted by atomic mass is 10.2. The van der Waals surface area contributed by atoms with Gasteiger partial charge < -0.3 is 4.74 Å². The average Bonchev–Trinajstić information content (AvgIpc) is 2.67. The summed E-state index contributed by atoms with van der Waals surface area (Å²) in [5.41, 5.74) is -0.111. The molecular formula is C9H11ClN6O2. The third-order valence-corrected chi connectivity index (χ3v) is 2.12. The van der Waals surface area contributed by atoms with Crippen LogP contribution < -0.4 is 5.32 Å². The Morgan fingerprint density at radius 1 is 1.50 bits per heavy atom. The van der Waals surface area contributed by atoms with Gasteiger partial charge in [-0.2, -0.15) is 4.52 Å². The van der Waals surface area contributed by atoms with Crippen molar-refractivity contribution < 1.29 is 9.53 Å². The summed E-state index contributed by atoms with van der Waals surface area (Å²) in [6, 6.07) is 0. The van der Waals surface area contributed by atoms with Crippen molar-refractivity contribution in [3.8, 4) is 0 Å². The molecule has 18 heavy (non-hydrogen) atoms. The molecule has 1 amide bonds. The number of carbonyl (C=O) groups is 1. The first-order valence-corrected chi connectivity index (χ1v) is 5.47. The van der Waals surface area contributed by atoms with Gasteiger partial charge >= 0.3 is 6.09 Å². The van der Waals surface area contributed by atoms with Gasteiger partial charge in [0.1, 0.15) is 17.6 Å². The number of hydrogen-bond acceptors (Lipinski definition) is 6. The summed E-state index contributed by atoms with van der Waals surface area (Å²) in [6.45, 7) is 5.27. The second-order valence-electron chi connectivity index (χ2n) is 4.48. The highest BCUT2D eigenvalue weighted by Gasteiger charge is 2.19. The van der Waals surface area contributed by atoms with Gasteiger partial charge in [0, 0.05) is 0 Å². The van der Waals surface area contributed by atoms with Gasteiger partial charge in [0.05, 0.1) is 0 Å². The first-order valence-electron chi connectivity index (χ1n) is 5.09. The maximum atomic E-state index is 11.6. The van der Waals surface area contributed by atoms with E-state index < -0.39 is 11.7 Å². The molecule has 0 bridgehead atoms.